The second kappa shape index (κ2) is 13.6. The van der Waals surface area contributed by atoms with Crippen molar-refractivity contribution >= 4 is 35.4 Å². The largest absolute Gasteiger partial charge is 0.444 e. The number of fused-ring (bicyclic) bond motifs is 1. The zero-order chi connectivity index (χ0) is 31.4. The topological polar surface area (TPSA) is 141 Å². The van der Waals surface area contributed by atoms with Crippen LogP contribution in [0.3, 0.4) is 0 Å². The molecule has 0 radical (unpaired) electrons. The first-order chi connectivity index (χ1) is 21.0. The molecular weight excluding hydrogens is 568 g/mol. The highest BCUT2D eigenvalue weighted by molar-refractivity contribution is 6.25. The highest BCUT2D eigenvalue weighted by atomic mass is 16.6. The minimum Gasteiger partial charge on any atom is -0.444 e. The van der Waals surface area contributed by atoms with Gasteiger partial charge in [-0.1, -0.05) is 6.07 Å². The van der Waals surface area contributed by atoms with Crippen molar-refractivity contribution in [2.75, 3.05) is 70.9 Å². The van der Waals surface area contributed by atoms with E-state index in [1.807, 2.05) is 25.7 Å². The molecule has 2 N–H and O–H groups in total. The monoisotopic (exact) mass is 612 g/mol. The number of benzene rings is 1. The third-order valence-electron chi connectivity index (χ3n) is 8.62. The average Bonchev–Trinajstić information content (AvgIpc) is 3.24. The number of nitrogens with zero attached hydrogens (tertiary/aromatic N) is 4. The maximum absolute atomic E-state index is 13.2. The normalized spacial score (nSPS) is 22.3. The average molecular weight is 613 g/mol. The summed E-state index contributed by atoms with van der Waals surface area (Å²) in [5.74, 6) is -2.08. The quantitative estimate of drug-likeness (QED) is 0.312. The number of carbonyl (C=O) groups is 5. The number of piperidine rings is 2. The van der Waals surface area contributed by atoms with Crippen molar-refractivity contribution in [3.8, 4) is 0 Å². The van der Waals surface area contributed by atoms with E-state index < -0.39 is 35.3 Å². The van der Waals surface area contributed by atoms with Crippen molar-refractivity contribution in [1.82, 2.24) is 24.9 Å². The molecule has 5 rings (SSSR count). The summed E-state index contributed by atoms with van der Waals surface area (Å²) in [7, 11) is 0. The van der Waals surface area contributed by atoms with Gasteiger partial charge in [-0.25, -0.2) is 4.79 Å². The fourth-order valence-electron chi connectivity index (χ4n) is 6.31. The molecule has 3 saturated heterocycles. The number of anilines is 1. The fourth-order valence-corrected chi connectivity index (χ4v) is 6.31. The Labute approximate surface area is 258 Å². The van der Waals surface area contributed by atoms with Crippen molar-refractivity contribution in [2.45, 2.75) is 64.1 Å². The van der Waals surface area contributed by atoms with Crippen LogP contribution in [0, 0.1) is 0 Å². The van der Waals surface area contributed by atoms with Crippen LogP contribution >= 0.6 is 0 Å². The van der Waals surface area contributed by atoms with Gasteiger partial charge in [-0.15, -0.1) is 0 Å². The number of amides is 5. The number of likely N-dealkylation sites (tertiary alicyclic amines) is 1. The van der Waals surface area contributed by atoms with E-state index in [0.29, 0.717) is 31.5 Å². The molecular formula is C31H44N6O7. The van der Waals surface area contributed by atoms with Gasteiger partial charge >= 0.3 is 6.09 Å². The van der Waals surface area contributed by atoms with E-state index in [9.17, 15) is 24.0 Å². The van der Waals surface area contributed by atoms with Crippen molar-refractivity contribution in [1.29, 1.82) is 0 Å². The van der Waals surface area contributed by atoms with Crippen LogP contribution in [0.25, 0.3) is 0 Å². The van der Waals surface area contributed by atoms with Crippen LogP contribution in [-0.4, -0.2) is 133 Å². The molecule has 0 bridgehead atoms. The molecule has 44 heavy (non-hydrogen) atoms. The van der Waals surface area contributed by atoms with Crippen LogP contribution in [0.5, 0.6) is 0 Å². The van der Waals surface area contributed by atoms with Crippen molar-refractivity contribution in [3.05, 3.63) is 29.3 Å². The van der Waals surface area contributed by atoms with Crippen LogP contribution in [0.4, 0.5) is 10.5 Å². The van der Waals surface area contributed by atoms with Gasteiger partial charge in [0, 0.05) is 70.5 Å². The highest BCUT2D eigenvalue weighted by Crippen LogP contribution is 2.32. The van der Waals surface area contributed by atoms with Gasteiger partial charge in [-0.3, -0.25) is 39.2 Å². The van der Waals surface area contributed by atoms with Crippen LogP contribution in [0.1, 0.15) is 67.2 Å². The molecule has 1 aromatic rings. The number of imide groups is 2. The molecule has 4 aliphatic heterocycles. The second-order valence-corrected chi connectivity index (χ2v) is 12.8. The van der Waals surface area contributed by atoms with Crippen molar-refractivity contribution in [2.24, 2.45) is 0 Å². The lowest BCUT2D eigenvalue weighted by Crippen LogP contribution is -2.54. The summed E-state index contributed by atoms with van der Waals surface area (Å²) in [6, 6.07) is 4.52. The number of nitrogens with one attached hydrogen (secondary N) is 2. The maximum atomic E-state index is 13.2. The third kappa shape index (κ3) is 7.39. The Balaban J connectivity index is 0.989. The van der Waals surface area contributed by atoms with Gasteiger partial charge in [0.05, 0.1) is 24.3 Å². The smallest absolute Gasteiger partial charge is 0.410 e. The minimum atomic E-state index is -0.990. The van der Waals surface area contributed by atoms with E-state index >= 15 is 0 Å². The van der Waals surface area contributed by atoms with Crippen molar-refractivity contribution in [3.63, 3.8) is 0 Å². The Morgan fingerprint density at radius 1 is 0.955 bits per heavy atom. The summed E-state index contributed by atoms with van der Waals surface area (Å²) in [5.41, 5.74) is 0.541. The Bertz CT molecular complexity index is 1260. The lowest BCUT2D eigenvalue weighted by Gasteiger charge is -2.42. The van der Waals surface area contributed by atoms with E-state index in [-0.39, 0.29) is 30.1 Å². The van der Waals surface area contributed by atoms with Gasteiger partial charge in [0.2, 0.25) is 11.8 Å². The third-order valence-corrected chi connectivity index (χ3v) is 8.62. The predicted octanol–water partition coefficient (Wildman–Crippen LogP) is 1.53. The van der Waals surface area contributed by atoms with E-state index in [1.165, 1.54) is 0 Å². The molecule has 240 valence electrons. The first-order valence-electron chi connectivity index (χ1n) is 15.6. The summed E-state index contributed by atoms with van der Waals surface area (Å²) in [6.45, 7) is 13.4. The zero-order valence-electron chi connectivity index (χ0n) is 25.9. The van der Waals surface area contributed by atoms with Crippen LogP contribution < -0.4 is 10.6 Å². The molecule has 1 atom stereocenters. The van der Waals surface area contributed by atoms with Gasteiger partial charge < -0.3 is 19.7 Å². The molecule has 5 amide bonds. The van der Waals surface area contributed by atoms with E-state index in [2.05, 4.69) is 20.4 Å². The number of carbonyl (C=O) groups excluding carboxylic acids is 5. The number of hydrogen-bond acceptors (Lipinski definition) is 10. The van der Waals surface area contributed by atoms with Gasteiger partial charge in [0.1, 0.15) is 11.6 Å². The van der Waals surface area contributed by atoms with Crippen LogP contribution in [0.15, 0.2) is 18.2 Å². The molecule has 0 spiro atoms. The standard InChI is InChI=1S/C31H44N6O7/c1-31(2,3)44-30(42)36-12-9-21(10-13-36)35-16-14-34(15-17-35)18-20-43-19-11-32-23-6-4-5-22-26(23)29(41)37(28(22)40)24-7-8-25(38)33-27(24)39/h4-6,21,24,32H,7-20H2,1-3H3,(H,33,38,39). The summed E-state index contributed by atoms with van der Waals surface area (Å²) >= 11 is 0. The Kier molecular flexibility index (Phi) is 9.86. The summed E-state index contributed by atoms with van der Waals surface area (Å²) in [5, 5.41) is 5.42. The van der Waals surface area contributed by atoms with Gasteiger partial charge in [0.25, 0.3) is 11.8 Å². The molecule has 1 unspecified atom stereocenters. The number of rotatable bonds is 9. The first-order valence-corrected chi connectivity index (χ1v) is 15.6. The van der Waals surface area contributed by atoms with E-state index in [1.54, 1.807) is 18.2 Å². The van der Waals surface area contributed by atoms with E-state index in [4.69, 9.17) is 9.47 Å². The fraction of sp³-hybridized carbons (Fsp3) is 0.645. The van der Waals surface area contributed by atoms with Crippen LogP contribution in [-0.2, 0) is 19.1 Å². The molecule has 3 fully saturated rings. The van der Waals surface area contributed by atoms with Crippen molar-refractivity contribution < 1.29 is 33.4 Å². The Hall–Kier alpha value is -3.55. The predicted molar refractivity (Wildman–Crippen MR) is 161 cm³/mol. The Morgan fingerprint density at radius 3 is 2.36 bits per heavy atom. The SMILES string of the molecule is CC(C)(C)OC(=O)N1CCC(N2CCN(CCOCCNc3cccc4c3C(=O)N(C3CCC(=O)NC3=O)C4=O)CC2)CC1. The van der Waals surface area contributed by atoms with Gasteiger partial charge in [0.15, 0.2) is 0 Å². The second-order valence-electron chi connectivity index (χ2n) is 12.8. The number of piperazine rings is 1. The molecule has 0 aromatic heterocycles. The molecule has 0 saturated carbocycles. The van der Waals surface area contributed by atoms with Crippen LogP contribution in [0.2, 0.25) is 0 Å². The molecule has 1 aromatic carbocycles. The highest BCUT2D eigenvalue weighted by Gasteiger charge is 2.45. The lowest BCUT2D eigenvalue weighted by molar-refractivity contribution is -0.136. The number of hydrogen-bond donors (Lipinski definition) is 2. The van der Waals surface area contributed by atoms with E-state index in [0.717, 1.165) is 63.6 Å². The lowest BCUT2D eigenvalue weighted by atomic mass is 10.0. The summed E-state index contributed by atoms with van der Waals surface area (Å²) in [4.78, 5) is 70.2. The molecule has 13 nitrogen and oxygen atoms in total. The Morgan fingerprint density at radius 2 is 1.68 bits per heavy atom. The summed E-state index contributed by atoms with van der Waals surface area (Å²) < 4.78 is 11.4. The summed E-state index contributed by atoms with van der Waals surface area (Å²) in [6.07, 6.45) is 1.92. The maximum Gasteiger partial charge on any atom is 0.410 e. The van der Waals surface area contributed by atoms with Gasteiger partial charge in [-0.05, 0) is 52.2 Å². The molecule has 13 heteroatoms. The molecule has 0 aliphatic carbocycles. The number of ether oxygens (including phenoxy) is 2. The van der Waals surface area contributed by atoms with Gasteiger partial charge in [-0.2, -0.15) is 0 Å². The first kappa shape index (κ1) is 31.9. The minimum absolute atomic E-state index is 0.0820. The molecule has 4 aliphatic rings. The molecule has 4 heterocycles. The zero-order valence-corrected chi connectivity index (χ0v) is 25.9.